The maximum absolute atomic E-state index is 12.4. The number of hydrogen-bond acceptors (Lipinski definition) is 12. The van der Waals surface area contributed by atoms with Crippen molar-refractivity contribution in [3.05, 3.63) is 35.0 Å². The second-order valence-electron chi connectivity index (χ2n) is 18.5. The van der Waals surface area contributed by atoms with E-state index in [-0.39, 0.29) is 61.0 Å². The maximum atomic E-state index is 12.4. The van der Waals surface area contributed by atoms with Gasteiger partial charge in [-0.3, -0.25) is 0 Å². The number of carbonyl (C=O) groups is 2. The van der Waals surface area contributed by atoms with Crippen LogP contribution in [0.4, 0.5) is 9.59 Å². The van der Waals surface area contributed by atoms with Crippen molar-refractivity contribution < 1.29 is 42.7 Å². The van der Waals surface area contributed by atoms with Crippen LogP contribution < -0.4 is 5.32 Å². The molecule has 6 atom stereocenters. The van der Waals surface area contributed by atoms with E-state index in [1.54, 1.807) is 0 Å². The molecule has 316 valence electrons. The molecule has 0 aliphatic carbocycles. The van der Waals surface area contributed by atoms with Crippen LogP contribution in [0, 0.1) is 13.8 Å². The fraction of sp³-hybridized carbons (Fsp3) is 0.805. The zero-order valence-electron chi connectivity index (χ0n) is 34.7. The lowest BCUT2D eigenvalue weighted by atomic mass is 10.0. The highest BCUT2D eigenvalue weighted by atomic mass is 35.5. The van der Waals surface area contributed by atoms with Gasteiger partial charge in [0.1, 0.15) is 34.1 Å². The lowest BCUT2D eigenvalue weighted by Crippen LogP contribution is -2.50. The van der Waals surface area contributed by atoms with Gasteiger partial charge < -0.3 is 48.2 Å². The minimum absolute atomic E-state index is 0. The Bertz CT molecular complexity index is 1530. The maximum Gasteiger partial charge on any atom is 0.410 e. The van der Waals surface area contributed by atoms with Crippen molar-refractivity contribution in [1.29, 1.82) is 0 Å². The van der Waals surface area contributed by atoms with Gasteiger partial charge in [-0.15, -0.1) is 12.4 Å². The third-order valence-corrected chi connectivity index (χ3v) is 11.3. The lowest BCUT2D eigenvalue weighted by molar-refractivity contribution is -0.0407. The molecule has 0 radical (unpaired) electrons. The largest absolute Gasteiger partial charge is 0.444 e. The summed E-state index contributed by atoms with van der Waals surface area (Å²) < 4.78 is 32.9. The van der Waals surface area contributed by atoms with E-state index in [2.05, 4.69) is 15.6 Å². The molecule has 6 saturated heterocycles. The second kappa shape index (κ2) is 18.8. The first kappa shape index (κ1) is 44.2. The molecule has 2 amide bonds. The molecule has 2 N–H and O–H groups in total. The number of nitrogens with one attached hydrogen (secondary N) is 1. The summed E-state index contributed by atoms with van der Waals surface area (Å²) >= 11 is 0. The Kier molecular flexibility index (Phi) is 14.8. The molecule has 8 heterocycles. The second-order valence-corrected chi connectivity index (χ2v) is 18.5. The van der Waals surface area contributed by atoms with E-state index in [1.807, 2.05) is 77.3 Å². The fourth-order valence-electron chi connectivity index (χ4n) is 9.16. The van der Waals surface area contributed by atoms with Crippen molar-refractivity contribution >= 4 is 24.6 Å². The van der Waals surface area contributed by atoms with Gasteiger partial charge in [0, 0.05) is 48.4 Å². The van der Waals surface area contributed by atoms with E-state index < -0.39 is 11.2 Å². The van der Waals surface area contributed by atoms with Gasteiger partial charge in [0.25, 0.3) is 0 Å². The molecule has 8 rings (SSSR count). The lowest BCUT2D eigenvalue weighted by Gasteiger charge is -2.39. The Hall–Kier alpha value is -2.91. The fourth-order valence-corrected chi connectivity index (χ4v) is 9.16. The third kappa shape index (κ3) is 12.3. The summed E-state index contributed by atoms with van der Waals surface area (Å²) in [5.41, 5.74) is 0.842. The number of carbonyl (C=O) groups excluding carboxylic acids is 2. The summed E-state index contributed by atoms with van der Waals surface area (Å²) in [6, 6.07) is 6.03. The van der Waals surface area contributed by atoms with Crippen molar-refractivity contribution in [3.63, 3.8) is 0 Å². The number of aryl methyl sites for hydroxylation is 2. The van der Waals surface area contributed by atoms with E-state index >= 15 is 0 Å². The predicted octanol–water partition coefficient (Wildman–Crippen LogP) is 7.54. The van der Waals surface area contributed by atoms with E-state index in [0.717, 1.165) is 74.3 Å². The Balaban J connectivity index is 0.000000163. The minimum Gasteiger partial charge on any atom is -0.444 e. The molecule has 6 fully saturated rings. The zero-order chi connectivity index (χ0) is 39.5. The third-order valence-electron chi connectivity index (χ3n) is 11.3. The minimum atomic E-state index is -0.450. The molecule has 6 bridgehead atoms. The van der Waals surface area contributed by atoms with Gasteiger partial charge >= 0.3 is 12.2 Å². The van der Waals surface area contributed by atoms with E-state index in [4.69, 9.17) is 28.0 Å². The van der Waals surface area contributed by atoms with Crippen LogP contribution >= 0.6 is 12.4 Å². The van der Waals surface area contributed by atoms with Gasteiger partial charge in [0.2, 0.25) is 0 Å². The molecule has 0 aromatic carbocycles. The van der Waals surface area contributed by atoms with Crippen LogP contribution in [-0.2, 0) is 32.2 Å². The van der Waals surface area contributed by atoms with Crippen molar-refractivity contribution in [2.75, 3.05) is 0 Å². The van der Waals surface area contributed by atoms with E-state index in [0.29, 0.717) is 44.2 Å². The van der Waals surface area contributed by atoms with E-state index in [1.165, 1.54) is 12.8 Å². The summed E-state index contributed by atoms with van der Waals surface area (Å²) in [4.78, 5) is 28.2. The van der Waals surface area contributed by atoms with Gasteiger partial charge in [-0.25, -0.2) is 9.59 Å². The summed E-state index contributed by atoms with van der Waals surface area (Å²) in [5, 5.41) is 21.1. The van der Waals surface area contributed by atoms with Crippen LogP contribution in [0.1, 0.15) is 142 Å². The monoisotopic (exact) mass is 807 g/mol. The highest BCUT2D eigenvalue weighted by Gasteiger charge is 2.46. The quantitative estimate of drug-likeness (QED) is 0.295. The molecule has 6 aliphatic rings. The number of amides is 2. The first-order valence-electron chi connectivity index (χ1n) is 20.5. The van der Waals surface area contributed by atoms with Crippen LogP contribution in [0.25, 0.3) is 0 Å². The van der Waals surface area contributed by atoms with Gasteiger partial charge in [0.15, 0.2) is 0 Å². The summed E-state index contributed by atoms with van der Waals surface area (Å²) in [6.07, 6.45) is 12.1. The Morgan fingerprint density at radius 2 is 1.05 bits per heavy atom. The van der Waals surface area contributed by atoms with E-state index in [9.17, 15) is 14.7 Å². The summed E-state index contributed by atoms with van der Waals surface area (Å²) in [6.45, 7) is 16.2. The van der Waals surface area contributed by atoms with Crippen LogP contribution in [-0.4, -0.2) is 103 Å². The van der Waals surface area contributed by atoms with Crippen LogP contribution in [0.5, 0.6) is 0 Å². The Morgan fingerprint density at radius 1 is 0.679 bits per heavy atom. The SMILES string of the molecule is CC(C)(C)OC(=O)N1C2CCC1CC(O)C2.Cc1cc(COC2CC3CCC(C2)N3)no1.Cc1cc(COC2CC3CCC(C2)N3C(=O)OC(C)(C)C)no1.Cl. The topological polar surface area (TPSA) is 162 Å². The molecule has 2 aromatic heterocycles. The number of aromatic nitrogens is 2. The number of nitrogens with zero attached hydrogens (tertiary/aromatic N) is 4. The standard InChI is InChI=1S/C17H26N2O4.C12H18N2O2.C12H21NO3.ClH/c1-11-7-12(18-23-11)10-21-15-8-13-5-6-14(9-15)19(13)16(20)22-17(2,3)4;1-8-4-11(14-16-8)7-15-12-5-9-2-3-10(6-12)13-9;1-12(2,3)16-11(15)13-8-4-5-9(13)7-10(14)6-8;/h7,13-15H,5-6,8-10H2,1-4H3;4,9-10,12-13H,2-3,5-7H2,1H3;8-10,14H,4-7H2,1-3H3;1H. The van der Waals surface area contributed by atoms with Gasteiger partial charge in [-0.2, -0.15) is 0 Å². The van der Waals surface area contributed by atoms with Crippen molar-refractivity contribution in [2.45, 2.75) is 211 Å². The Morgan fingerprint density at radius 3 is 1.41 bits per heavy atom. The number of ether oxygens (including phenoxy) is 4. The van der Waals surface area contributed by atoms with Crippen molar-refractivity contribution in [1.82, 2.24) is 25.4 Å². The first-order valence-corrected chi connectivity index (χ1v) is 20.5. The molecule has 6 aliphatic heterocycles. The molecule has 2 aromatic rings. The number of piperidine rings is 3. The Labute approximate surface area is 338 Å². The zero-order valence-corrected chi connectivity index (χ0v) is 35.5. The number of hydrogen-bond donors (Lipinski definition) is 2. The molecule has 56 heavy (non-hydrogen) atoms. The normalized spacial score (nSPS) is 30.4. The number of halogens is 1. The number of aliphatic hydroxyl groups is 1. The molecular formula is C41H66ClN5O9. The van der Waals surface area contributed by atoms with Crippen LogP contribution in [0.2, 0.25) is 0 Å². The summed E-state index contributed by atoms with van der Waals surface area (Å²) in [5.74, 6) is 1.65. The molecule has 14 nitrogen and oxygen atoms in total. The number of rotatable bonds is 6. The number of fused-ring (bicyclic) bond motifs is 6. The van der Waals surface area contributed by atoms with Crippen molar-refractivity contribution in [3.8, 4) is 0 Å². The predicted molar refractivity (Wildman–Crippen MR) is 210 cm³/mol. The van der Waals surface area contributed by atoms with Crippen LogP contribution in [0.3, 0.4) is 0 Å². The summed E-state index contributed by atoms with van der Waals surface area (Å²) in [7, 11) is 0. The van der Waals surface area contributed by atoms with Crippen molar-refractivity contribution in [2.24, 2.45) is 0 Å². The van der Waals surface area contributed by atoms with Gasteiger partial charge in [0.05, 0.1) is 31.5 Å². The number of aliphatic hydroxyl groups excluding tert-OH is 1. The average Bonchev–Trinajstić information content (AvgIpc) is 3.90. The first-order chi connectivity index (χ1) is 26.0. The average molecular weight is 808 g/mol. The molecule has 0 spiro atoms. The van der Waals surface area contributed by atoms with Crippen LogP contribution in [0.15, 0.2) is 21.2 Å². The molecule has 15 heteroatoms. The molecule has 0 saturated carbocycles. The smallest absolute Gasteiger partial charge is 0.410 e. The highest BCUT2D eigenvalue weighted by molar-refractivity contribution is 5.85. The van der Waals surface area contributed by atoms with Gasteiger partial charge in [-0.05, 0) is 132 Å². The molecular weight excluding hydrogens is 742 g/mol. The highest BCUT2D eigenvalue weighted by Crippen LogP contribution is 2.39. The van der Waals surface area contributed by atoms with Gasteiger partial charge in [-0.1, -0.05) is 10.3 Å². The molecule has 6 unspecified atom stereocenters.